The van der Waals surface area contributed by atoms with E-state index in [0.717, 1.165) is 54.4 Å². The highest BCUT2D eigenvalue weighted by molar-refractivity contribution is 7.18. The largest absolute Gasteiger partial charge is 0.354 e. The Morgan fingerprint density at radius 1 is 1.02 bits per heavy atom. The number of benzene rings is 1. The second-order valence-electron chi connectivity index (χ2n) is 11.7. The summed E-state index contributed by atoms with van der Waals surface area (Å²) in [6.07, 6.45) is 1.15. The van der Waals surface area contributed by atoms with Crippen LogP contribution in [0.3, 0.4) is 0 Å². The number of piperazine rings is 1. The number of aromatic nitrogens is 1. The summed E-state index contributed by atoms with van der Waals surface area (Å²) in [7, 11) is 2.12. The quantitative estimate of drug-likeness (QED) is 0.341. The number of nitrogens with one attached hydrogen (secondary N) is 3. The zero-order valence-electron chi connectivity index (χ0n) is 25.3. The van der Waals surface area contributed by atoms with Gasteiger partial charge in [0.2, 0.25) is 17.7 Å². The molecule has 3 N–H and O–H groups in total. The van der Waals surface area contributed by atoms with Gasteiger partial charge in [0.05, 0.1) is 15.2 Å². The smallest absolute Gasteiger partial charge is 0.243 e. The number of fused-ring (bicyclic) bond motifs is 1. The van der Waals surface area contributed by atoms with Gasteiger partial charge in [0.25, 0.3) is 0 Å². The van der Waals surface area contributed by atoms with E-state index in [2.05, 4.69) is 72.6 Å². The molecule has 9 nitrogen and oxygen atoms in total. The third-order valence-corrected chi connectivity index (χ3v) is 8.97. The summed E-state index contributed by atoms with van der Waals surface area (Å²) in [4.78, 5) is 47.8. The molecule has 1 fully saturated rings. The zero-order valence-corrected chi connectivity index (χ0v) is 26.1. The highest BCUT2D eigenvalue weighted by Gasteiger charge is 2.27. The van der Waals surface area contributed by atoms with Gasteiger partial charge >= 0.3 is 0 Å². The van der Waals surface area contributed by atoms with Crippen molar-refractivity contribution in [2.24, 2.45) is 11.8 Å². The number of hydrogen-bond donors (Lipinski definition) is 3. The molecule has 0 bridgehead atoms. The number of rotatable bonds is 13. The fourth-order valence-corrected chi connectivity index (χ4v) is 5.97. The molecule has 1 aromatic heterocycles. The maximum Gasteiger partial charge on any atom is 0.243 e. The minimum atomic E-state index is -0.749. The lowest BCUT2D eigenvalue weighted by Crippen LogP contribution is -2.55. The molecule has 222 valence electrons. The second kappa shape index (κ2) is 14.9. The first-order valence-corrected chi connectivity index (χ1v) is 15.4. The van der Waals surface area contributed by atoms with E-state index in [-0.39, 0.29) is 35.6 Å². The first-order chi connectivity index (χ1) is 19.0. The number of hydrogen-bond acceptors (Lipinski definition) is 7. The Balaban J connectivity index is 1.63. The van der Waals surface area contributed by atoms with Crippen LogP contribution >= 0.6 is 11.3 Å². The number of carbonyl (C=O) groups is 3. The first-order valence-electron chi connectivity index (χ1n) is 14.6. The molecular formula is C30H48N6O3S. The van der Waals surface area contributed by atoms with Gasteiger partial charge < -0.3 is 25.8 Å². The number of nitrogens with zero attached hydrogens (tertiary/aromatic N) is 3. The van der Waals surface area contributed by atoms with Crippen molar-refractivity contribution in [1.82, 2.24) is 30.7 Å². The van der Waals surface area contributed by atoms with Crippen LogP contribution in [0.1, 0.15) is 64.5 Å². The van der Waals surface area contributed by atoms with E-state index >= 15 is 0 Å². The Kier molecular flexibility index (Phi) is 11.9. The highest BCUT2D eigenvalue weighted by Crippen LogP contribution is 2.27. The monoisotopic (exact) mass is 572 g/mol. The van der Waals surface area contributed by atoms with Crippen molar-refractivity contribution in [3.8, 4) is 0 Å². The van der Waals surface area contributed by atoms with E-state index < -0.39 is 6.04 Å². The van der Waals surface area contributed by atoms with E-state index in [0.29, 0.717) is 18.9 Å². The highest BCUT2D eigenvalue weighted by atomic mass is 32.1. The number of carbonyl (C=O) groups excluding carboxylic acids is 3. The van der Waals surface area contributed by atoms with E-state index in [9.17, 15) is 14.4 Å². The Morgan fingerprint density at radius 2 is 1.73 bits per heavy atom. The molecule has 0 spiro atoms. The molecule has 0 radical (unpaired) electrons. The number of amides is 3. The van der Waals surface area contributed by atoms with Crippen LogP contribution in [0, 0.1) is 11.8 Å². The Bertz CT molecular complexity index is 1140. The molecule has 0 aliphatic carbocycles. The summed E-state index contributed by atoms with van der Waals surface area (Å²) in [6, 6.07) is 5.26. The molecule has 1 aliphatic rings. The van der Waals surface area contributed by atoms with Crippen LogP contribution in [0.25, 0.3) is 10.2 Å². The summed E-state index contributed by atoms with van der Waals surface area (Å²) in [5, 5.41) is 9.82. The Morgan fingerprint density at radius 3 is 2.35 bits per heavy atom. The van der Waals surface area contributed by atoms with Gasteiger partial charge in [-0.15, -0.1) is 11.3 Å². The molecule has 4 atom stereocenters. The summed E-state index contributed by atoms with van der Waals surface area (Å²) in [6.45, 7) is 16.9. The normalized spacial score (nSPS) is 17.8. The SMILES string of the molecule is CC[C@H](C)C(CNC(=O)C(C)CN1CCN(C)CC1)NC(=O)[C@H](Cc1nc2ccc(C(C)C)cc2s1)NC(C)=O. The molecule has 1 saturated heterocycles. The predicted molar refractivity (Wildman–Crippen MR) is 163 cm³/mol. The van der Waals surface area contributed by atoms with E-state index in [1.54, 1.807) is 11.3 Å². The number of thiazole rings is 1. The van der Waals surface area contributed by atoms with Crippen molar-refractivity contribution in [3.05, 3.63) is 28.8 Å². The predicted octanol–water partition coefficient (Wildman–Crippen LogP) is 3.00. The minimum Gasteiger partial charge on any atom is -0.354 e. The van der Waals surface area contributed by atoms with Crippen LogP contribution in [0.2, 0.25) is 0 Å². The van der Waals surface area contributed by atoms with E-state index in [1.165, 1.54) is 12.5 Å². The molecule has 3 amide bonds. The van der Waals surface area contributed by atoms with E-state index in [4.69, 9.17) is 4.98 Å². The third-order valence-electron chi connectivity index (χ3n) is 7.93. The van der Waals surface area contributed by atoms with Crippen LogP contribution in [-0.4, -0.2) is 90.9 Å². The van der Waals surface area contributed by atoms with Crippen molar-refractivity contribution in [3.63, 3.8) is 0 Å². The lowest BCUT2D eigenvalue weighted by atomic mass is 9.98. The average molecular weight is 573 g/mol. The molecule has 2 unspecified atom stereocenters. The molecule has 3 rings (SSSR count). The molecule has 1 aromatic carbocycles. The van der Waals surface area contributed by atoms with Gasteiger partial charge in [-0.2, -0.15) is 0 Å². The van der Waals surface area contributed by atoms with Gasteiger partial charge in [0, 0.05) is 64.6 Å². The Hall–Kier alpha value is -2.56. The van der Waals surface area contributed by atoms with Crippen LogP contribution in [-0.2, 0) is 20.8 Å². The summed E-state index contributed by atoms with van der Waals surface area (Å²) in [5.74, 6) is -0.112. The van der Waals surface area contributed by atoms with Crippen molar-refractivity contribution in [2.75, 3.05) is 46.3 Å². The Labute approximate surface area is 243 Å². The second-order valence-corrected chi connectivity index (χ2v) is 12.8. The van der Waals surface area contributed by atoms with Crippen LogP contribution in [0.5, 0.6) is 0 Å². The maximum absolute atomic E-state index is 13.5. The fourth-order valence-electron chi connectivity index (χ4n) is 4.91. The van der Waals surface area contributed by atoms with Crippen molar-refractivity contribution >= 4 is 39.3 Å². The molecule has 2 aromatic rings. The topological polar surface area (TPSA) is 107 Å². The molecule has 2 heterocycles. The molecule has 10 heteroatoms. The van der Waals surface area contributed by atoms with Gasteiger partial charge in [-0.25, -0.2) is 4.98 Å². The lowest BCUT2D eigenvalue weighted by molar-refractivity contribution is -0.129. The van der Waals surface area contributed by atoms with Gasteiger partial charge in [0.1, 0.15) is 6.04 Å². The third kappa shape index (κ3) is 9.24. The first kappa shape index (κ1) is 32.0. The average Bonchev–Trinajstić information content (AvgIpc) is 3.32. The standard InChI is InChI=1S/C30H48N6O3S/c1-8-20(4)26(17-31-29(38)21(5)18-36-13-11-35(7)12-14-36)34-30(39)25(32-22(6)37)16-28-33-24-10-9-23(19(2)3)15-27(24)40-28/h9-10,15,19-21,25-26H,8,11-14,16-18H2,1-7H3,(H,31,38)(H,32,37)(H,34,39)/t20-,21?,25-,26?/m0/s1. The fraction of sp³-hybridized carbons (Fsp3) is 0.667. The summed E-state index contributed by atoms with van der Waals surface area (Å²) < 4.78 is 1.08. The van der Waals surface area contributed by atoms with Gasteiger partial charge in [0.15, 0.2) is 0 Å². The van der Waals surface area contributed by atoms with Crippen molar-refractivity contribution in [2.45, 2.75) is 72.4 Å². The van der Waals surface area contributed by atoms with Gasteiger partial charge in [-0.1, -0.05) is 47.1 Å². The van der Waals surface area contributed by atoms with Crippen molar-refractivity contribution < 1.29 is 14.4 Å². The molecule has 40 heavy (non-hydrogen) atoms. The lowest BCUT2D eigenvalue weighted by Gasteiger charge is -2.33. The van der Waals surface area contributed by atoms with Gasteiger partial charge in [-0.05, 0) is 36.6 Å². The zero-order chi connectivity index (χ0) is 29.4. The summed E-state index contributed by atoms with van der Waals surface area (Å²) >= 11 is 1.56. The van der Waals surface area contributed by atoms with E-state index in [1.807, 2.05) is 13.0 Å². The molecule has 1 aliphatic heterocycles. The van der Waals surface area contributed by atoms with Crippen LogP contribution in [0.4, 0.5) is 0 Å². The minimum absolute atomic E-state index is 0.00451. The molecular weight excluding hydrogens is 524 g/mol. The van der Waals surface area contributed by atoms with Crippen LogP contribution in [0.15, 0.2) is 18.2 Å². The maximum atomic E-state index is 13.5. The summed E-state index contributed by atoms with van der Waals surface area (Å²) in [5.41, 5.74) is 2.15. The van der Waals surface area contributed by atoms with Crippen LogP contribution < -0.4 is 16.0 Å². The molecule has 0 saturated carbocycles. The van der Waals surface area contributed by atoms with Crippen molar-refractivity contribution in [1.29, 1.82) is 0 Å². The number of likely N-dealkylation sites (N-methyl/N-ethyl adjacent to an activating group) is 1. The van der Waals surface area contributed by atoms with Gasteiger partial charge in [-0.3, -0.25) is 14.4 Å².